The number of ketones is 1. The Morgan fingerprint density at radius 2 is 1.74 bits per heavy atom. The zero-order chi connectivity index (χ0) is 24.1. The SMILES string of the molecule is O=C(O)CCC[C@H](/C=C/c1ccccc1)c1c(O)cc2c(c1O)C(=O)C[C@@H](c1ccccc1)O2. The molecule has 3 aromatic rings. The summed E-state index contributed by atoms with van der Waals surface area (Å²) >= 11 is 0. The summed E-state index contributed by atoms with van der Waals surface area (Å²) in [6.07, 6.45) is 3.91. The molecule has 0 aromatic heterocycles. The van der Waals surface area contributed by atoms with Gasteiger partial charge in [-0.05, 0) is 24.0 Å². The molecule has 0 fully saturated rings. The van der Waals surface area contributed by atoms with Crippen molar-refractivity contribution in [3.8, 4) is 17.2 Å². The van der Waals surface area contributed by atoms with E-state index in [0.717, 1.165) is 11.1 Å². The highest BCUT2D eigenvalue weighted by molar-refractivity contribution is 6.03. The fourth-order valence-electron chi connectivity index (χ4n) is 4.30. The Bertz CT molecular complexity index is 1200. The number of carbonyl (C=O) groups is 2. The lowest BCUT2D eigenvalue weighted by Gasteiger charge is -2.28. The molecule has 6 nitrogen and oxygen atoms in total. The zero-order valence-corrected chi connectivity index (χ0v) is 18.6. The lowest BCUT2D eigenvalue weighted by atomic mass is 9.86. The fourth-order valence-corrected chi connectivity index (χ4v) is 4.30. The van der Waals surface area contributed by atoms with E-state index in [0.29, 0.717) is 12.8 Å². The topological polar surface area (TPSA) is 104 Å². The summed E-state index contributed by atoms with van der Waals surface area (Å²) in [6.45, 7) is 0. The molecule has 0 amide bonds. The maximum absolute atomic E-state index is 13.0. The van der Waals surface area contributed by atoms with Crippen LogP contribution in [-0.4, -0.2) is 27.1 Å². The van der Waals surface area contributed by atoms with Crippen molar-refractivity contribution >= 4 is 17.8 Å². The first kappa shape index (κ1) is 23.1. The molecule has 3 N–H and O–H groups in total. The number of Topliss-reactive ketones (excluding diaryl/α,β-unsaturated/α-hetero) is 1. The number of carbonyl (C=O) groups excluding carboxylic acids is 1. The Morgan fingerprint density at radius 3 is 2.41 bits per heavy atom. The van der Waals surface area contributed by atoms with E-state index in [1.54, 1.807) is 0 Å². The van der Waals surface area contributed by atoms with Crippen molar-refractivity contribution in [3.05, 3.63) is 95.1 Å². The molecule has 6 heteroatoms. The van der Waals surface area contributed by atoms with E-state index >= 15 is 0 Å². The molecule has 1 aliphatic rings. The molecular weight excluding hydrogens is 432 g/mol. The summed E-state index contributed by atoms with van der Waals surface area (Å²) in [5.74, 6) is -2.06. The summed E-state index contributed by atoms with van der Waals surface area (Å²) in [5, 5.41) is 31.0. The highest BCUT2D eigenvalue weighted by Gasteiger charge is 2.34. The van der Waals surface area contributed by atoms with Gasteiger partial charge in [0.25, 0.3) is 0 Å². The molecule has 0 aliphatic carbocycles. The normalized spacial score (nSPS) is 16.1. The van der Waals surface area contributed by atoms with Crippen LogP contribution in [0.5, 0.6) is 17.2 Å². The van der Waals surface area contributed by atoms with Gasteiger partial charge in [-0.1, -0.05) is 72.8 Å². The number of aliphatic carboxylic acids is 1. The Hall–Kier alpha value is -4.06. The number of rotatable bonds is 8. The standard InChI is InChI=1S/C28H26O6/c29-21-17-24-27(22(30)16-23(34-24)19-10-5-2-6-11-19)28(33)26(21)20(12-7-13-25(31)32)15-14-18-8-3-1-4-9-18/h1-6,8-11,14-15,17,20,23,29,33H,7,12-13,16H2,(H,31,32)/b15-14+/t20-,23+/m1/s1. The van der Waals surface area contributed by atoms with Crippen molar-refractivity contribution in [1.29, 1.82) is 0 Å². The number of hydrogen-bond acceptors (Lipinski definition) is 5. The van der Waals surface area contributed by atoms with Crippen LogP contribution in [0.2, 0.25) is 0 Å². The largest absolute Gasteiger partial charge is 0.507 e. The third-order valence-corrected chi connectivity index (χ3v) is 5.97. The van der Waals surface area contributed by atoms with Gasteiger partial charge >= 0.3 is 5.97 Å². The number of phenolic OH excluding ortho intramolecular Hbond substituents is 2. The number of benzene rings is 3. The Balaban J connectivity index is 1.69. The van der Waals surface area contributed by atoms with Crippen molar-refractivity contribution in [2.45, 2.75) is 37.7 Å². The van der Waals surface area contributed by atoms with Gasteiger partial charge < -0.3 is 20.1 Å². The predicted molar refractivity (Wildman–Crippen MR) is 128 cm³/mol. The van der Waals surface area contributed by atoms with E-state index in [4.69, 9.17) is 9.84 Å². The number of phenols is 2. The fraction of sp³-hybridized carbons (Fsp3) is 0.214. The Labute approximate surface area is 197 Å². The third kappa shape index (κ3) is 5.12. The van der Waals surface area contributed by atoms with E-state index in [1.807, 2.05) is 72.8 Å². The lowest BCUT2D eigenvalue weighted by Crippen LogP contribution is -2.21. The molecule has 0 unspecified atom stereocenters. The molecular formula is C28H26O6. The van der Waals surface area contributed by atoms with E-state index < -0.39 is 18.0 Å². The summed E-state index contributed by atoms with van der Waals surface area (Å²) in [7, 11) is 0. The number of ether oxygens (including phenoxy) is 1. The molecule has 0 saturated heterocycles. The van der Waals surface area contributed by atoms with Gasteiger partial charge in [-0.2, -0.15) is 0 Å². The van der Waals surface area contributed by atoms with E-state index in [2.05, 4.69) is 0 Å². The second-order valence-corrected chi connectivity index (χ2v) is 8.34. The second kappa shape index (κ2) is 10.3. The summed E-state index contributed by atoms with van der Waals surface area (Å²) in [6, 6.07) is 20.2. The number of carboxylic acids is 1. The van der Waals surface area contributed by atoms with E-state index in [9.17, 15) is 19.8 Å². The van der Waals surface area contributed by atoms with Gasteiger partial charge in [-0.3, -0.25) is 9.59 Å². The zero-order valence-electron chi connectivity index (χ0n) is 18.6. The molecule has 34 heavy (non-hydrogen) atoms. The van der Waals surface area contributed by atoms with E-state index in [-0.39, 0.29) is 47.0 Å². The van der Waals surface area contributed by atoms with Crippen LogP contribution in [0.1, 0.15) is 64.8 Å². The lowest BCUT2D eigenvalue weighted by molar-refractivity contribution is -0.137. The molecule has 4 rings (SSSR count). The van der Waals surface area contributed by atoms with Crippen molar-refractivity contribution < 1.29 is 29.6 Å². The average molecular weight is 459 g/mol. The second-order valence-electron chi connectivity index (χ2n) is 8.34. The van der Waals surface area contributed by atoms with E-state index in [1.165, 1.54) is 6.07 Å². The van der Waals surface area contributed by atoms with Crippen LogP contribution >= 0.6 is 0 Å². The monoisotopic (exact) mass is 458 g/mol. The average Bonchev–Trinajstić information content (AvgIpc) is 2.82. The molecule has 0 radical (unpaired) electrons. The number of carboxylic acid groups (broad SMARTS) is 1. The number of allylic oxidation sites excluding steroid dienone is 1. The molecule has 2 atom stereocenters. The van der Waals surface area contributed by atoms with Crippen molar-refractivity contribution in [2.24, 2.45) is 0 Å². The predicted octanol–water partition coefficient (Wildman–Crippen LogP) is 5.86. The highest BCUT2D eigenvalue weighted by Crippen LogP contribution is 2.48. The third-order valence-electron chi connectivity index (χ3n) is 5.97. The van der Waals surface area contributed by atoms with Gasteiger partial charge in [-0.15, -0.1) is 0 Å². The molecule has 3 aromatic carbocycles. The number of hydrogen-bond donors (Lipinski definition) is 3. The van der Waals surface area contributed by atoms with Gasteiger partial charge in [0.1, 0.15) is 28.9 Å². The first-order valence-electron chi connectivity index (χ1n) is 11.2. The molecule has 1 heterocycles. The Kier molecular flexibility index (Phi) is 6.97. The first-order valence-corrected chi connectivity index (χ1v) is 11.2. The van der Waals surface area contributed by atoms with Crippen LogP contribution in [0.3, 0.4) is 0 Å². The van der Waals surface area contributed by atoms with Crippen LogP contribution in [0.15, 0.2) is 72.8 Å². The van der Waals surface area contributed by atoms with Gasteiger partial charge in [0.05, 0.1) is 6.42 Å². The highest BCUT2D eigenvalue weighted by atomic mass is 16.5. The minimum Gasteiger partial charge on any atom is -0.507 e. The number of aromatic hydroxyl groups is 2. The summed E-state index contributed by atoms with van der Waals surface area (Å²) < 4.78 is 5.99. The van der Waals surface area contributed by atoms with Crippen LogP contribution in [0, 0.1) is 0 Å². The molecule has 0 spiro atoms. The van der Waals surface area contributed by atoms with Crippen molar-refractivity contribution in [2.75, 3.05) is 0 Å². The van der Waals surface area contributed by atoms with Gasteiger partial charge in [-0.25, -0.2) is 0 Å². The maximum atomic E-state index is 13.0. The van der Waals surface area contributed by atoms with Crippen molar-refractivity contribution in [1.82, 2.24) is 0 Å². The van der Waals surface area contributed by atoms with Gasteiger partial charge in [0.2, 0.25) is 0 Å². The van der Waals surface area contributed by atoms with Crippen LogP contribution in [0.4, 0.5) is 0 Å². The minimum absolute atomic E-state index is 0.0388. The van der Waals surface area contributed by atoms with Gasteiger partial charge in [0, 0.05) is 24.0 Å². The van der Waals surface area contributed by atoms with Crippen LogP contribution < -0.4 is 4.74 Å². The Morgan fingerprint density at radius 1 is 1.06 bits per heavy atom. The minimum atomic E-state index is -0.916. The quantitative estimate of drug-likeness (QED) is 0.391. The summed E-state index contributed by atoms with van der Waals surface area (Å²) in [5.41, 5.74) is 2.01. The number of fused-ring (bicyclic) bond motifs is 1. The molecule has 0 bridgehead atoms. The molecule has 0 saturated carbocycles. The van der Waals surface area contributed by atoms with Crippen molar-refractivity contribution in [3.63, 3.8) is 0 Å². The smallest absolute Gasteiger partial charge is 0.303 e. The molecule has 1 aliphatic heterocycles. The summed E-state index contributed by atoms with van der Waals surface area (Å²) in [4.78, 5) is 24.1. The first-order chi connectivity index (χ1) is 16.4. The van der Waals surface area contributed by atoms with Crippen LogP contribution in [-0.2, 0) is 4.79 Å². The maximum Gasteiger partial charge on any atom is 0.303 e. The van der Waals surface area contributed by atoms with Crippen LogP contribution in [0.25, 0.3) is 6.08 Å². The molecule has 174 valence electrons. The van der Waals surface area contributed by atoms with Gasteiger partial charge in [0.15, 0.2) is 5.78 Å².